The number of carbonyl (C=O) groups is 1. The van der Waals surface area contributed by atoms with Crippen LogP contribution in [0.4, 0.5) is 0 Å². The van der Waals surface area contributed by atoms with Gasteiger partial charge in [-0.1, -0.05) is 31.5 Å². The van der Waals surface area contributed by atoms with Gasteiger partial charge in [-0.05, 0) is 19.4 Å². The summed E-state index contributed by atoms with van der Waals surface area (Å²) in [6, 6.07) is 7.14. The lowest BCUT2D eigenvalue weighted by molar-refractivity contribution is 0.0933. The first-order valence-electron chi connectivity index (χ1n) is 6.81. The third-order valence-corrected chi connectivity index (χ3v) is 3.27. The van der Waals surface area contributed by atoms with Gasteiger partial charge in [0.1, 0.15) is 0 Å². The highest BCUT2D eigenvalue weighted by atomic mass is 16.2. The molecule has 0 aliphatic carbocycles. The molecule has 0 aliphatic heterocycles. The largest absolute Gasteiger partial charge is 0.348 e. The van der Waals surface area contributed by atoms with E-state index in [4.69, 9.17) is 0 Å². The van der Waals surface area contributed by atoms with Crippen LogP contribution in [0.5, 0.6) is 0 Å². The number of nitrogens with one attached hydrogen (secondary N) is 1. The predicted octanol–water partition coefficient (Wildman–Crippen LogP) is 1.85. The number of nitrogens with zero attached hydrogens (tertiary/aromatic N) is 2. The number of hydrogen-bond acceptors (Lipinski definition) is 3. The van der Waals surface area contributed by atoms with Crippen molar-refractivity contribution in [3.05, 3.63) is 40.3 Å². The van der Waals surface area contributed by atoms with Crippen LogP contribution in [0.1, 0.15) is 37.2 Å². The Morgan fingerprint density at radius 1 is 1.35 bits per heavy atom. The predicted molar refractivity (Wildman–Crippen MR) is 78.8 cm³/mol. The van der Waals surface area contributed by atoms with E-state index in [2.05, 4.69) is 17.3 Å². The summed E-state index contributed by atoms with van der Waals surface area (Å²) in [6.45, 7) is 4.04. The Hall–Kier alpha value is -2.17. The molecule has 1 aromatic heterocycles. The van der Waals surface area contributed by atoms with Crippen molar-refractivity contribution in [1.82, 2.24) is 15.1 Å². The Morgan fingerprint density at radius 3 is 2.65 bits per heavy atom. The zero-order valence-electron chi connectivity index (χ0n) is 12.0. The first kappa shape index (κ1) is 14.2. The van der Waals surface area contributed by atoms with Gasteiger partial charge < -0.3 is 5.32 Å². The minimum atomic E-state index is -0.238. The second kappa shape index (κ2) is 5.86. The highest BCUT2D eigenvalue weighted by molar-refractivity contribution is 6.04. The van der Waals surface area contributed by atoms with Crippen molar-refractivity contribution < 1.29 is 4.79 Å². The van der Waals surface area contributed by atoms with Crippen LogP contribution in [0.15, 0.2) is 29.1 Å². The fourth-order valence-corrected chi connectivity index (χ4v) is 2.26. The second-order valence-corrected chi connectivity index (χ2v) is 4.99. The van der Waals surface area contributed by atoms with Gasteiger partial charge >= 0.3 is 0 Å². The normalized spacial score (nSPS) is 12.3. The van der Waals surface area contributed by atoms with E-state index in [0.29, 0.717) is 16.5 Å². The number of fused-ring (bicyclic) bond motifs is 1. The van der Waals surface area contributed by atoms with E-state index in [9.17, 15) is 9.59 Å². The number of rotatable bonds is 4. The van der Waals surface area contributed by atoms with E-state index >= 15 is 0 Å². The fourth-order valence-electron chi connectivity index (χ4n) is 2.26. The van der Waals surface area contributed by atoms with E-state index < -0.39 is 0 Å². The van der Waals surface area contributed by atoms with Gasteiger partial charge in [0, 0.05) is 18.5 Å². The SMILES string of the molecule is CCCC(C)NC(=O)c1nn(C)c(=O)c2ccccc12. The van der Waals surface area contributed by atoms with Gasteiger partial charge in [0.2, 0.25) is 0 Å². The van der Waals surface area contributed by atoms with Gasteiger partial charge in [0.25, 0.3) is 11.5 Å². The van der Waals surface area contributed by atoms with Gasteiger partial charge in [-0.25, -0.2) is 4.68 Å². The topological polar surface area (TPSA) is 64.0 Å². The summed E-state index contributed by atoms with van der Waals surface area (Å²) in [4.78, 5) is 24.3. The quantitative estimate of drug-likeness (QED) is 0.924. The minimum Gasteiger partial charge on any atom is -0.348 e. The van der Waals surface area contributed by atoms with Crippen LogP contribution in [-0.2, 0) is 7.05 Å². The molecule has 1 unspecified atom stereocenters. The average Bonchev–Trinajstić information content (AvgIpc) is 2.43. The maximum atomic E-state index is 12.3. The molecule has 0 bridgehead atoms. The molecule has 0 aliphatic rings. The monoisotopic (exact) mass is 273 g/mol. The molecule has 20 heavy (non-hydrogen) atoms. The fraction of sp³-hybridized carbons (Fsp3) is 0.400. The van der Waals surface area contributed by atoms with Crippen molar-refractivity contribution in [3.8, 4) is 0 Å². The molecule has 106 valence electrons. The number of aryl methyl sites for hydroxylation is 1. The van der Waals surface area contributed by atoms with Crippen LogP contribution in [0.2, 0.25) is 0 Å². The molecule has 0 saturated carbocycles. The average molecular weight is 273 g/mol. The molecule has 1 heterocycles. The van der Waals surface area contributed by atoms with Gasteiger partial charge in [-0.2, -0.15) is 5.10 Å². The number of carbonyl (C=O) groups excluding carboxylic acids is 1. The smallest absolute Gasteiger partial charge is 0.274 e. The summed E-state index contributed by atoms with van der Waals surface area (Å²) in [5, 5.41) is 8.13. The number of hydrogen-bond donors (Lipinski definition) is 1. The molecule has 0 fully saturated rings. The lowest BCUT2D eigenvalue weighted by atomic mass is 10.1. The molecule has 1 amide bonds. The van der Waals surface area contributed by atoms with E-state index in [1.54, 1.807) is 31.3 Å². The third-order valence-electron chi connectivity index (χ3n) is 3.27. The molecule has 5 nitrogen and oxygen atoms in total. The van der Waals surface area contributed by atoms with E-state index in [1.807, 2.05) is 6.92 Å². The van der Waals surface area contributed by atoms with Crippen molar-refractivity contribution in [2.75, 3.05) is 0 Å². The van der Waals surface area contributed by atoms with Crippen LogP contribution < -0.4 is 10.9 Å². The lowest BCUT2D eigenvalue weighted by Gasteiger charge is -2.13. The third kappa shape index (κ3) is 2.71. The highest BCUT2D eigenvalue weighted by Crippen LogP contribution is 2.13. The lowest BCUT2D eigenvalue weighted by Crippen LogP contribution is -2.35. The van der Waals surface area contributed by atoms with Crippen molar-refractivity contribution in [2.24, 2.45) is 7.05 Å². The molecule has 1 N–H and O–H groups in total. The standard InChI is InChI=1S/C15H19N3O2/c1-4-7-10(2)16-14(19)13-11-8-5-6-9-12(11)15(20)18(3)17-13/h5-6,8-10H,4,7H2,1-3H3,(H,16,19). The summed E-state index contributed by atoms with van der Waals surface area (Å²) in [7, 11) is 1.56. The summed E-state index contributed by atoms with van der Waals surface area (Å²) in [5.74, 6) is -0.238. The Labute approximate surface area is 117 Å². The van der Waals surface area contributed by atoms with Crippen LogP contribution in [0.3, 0.4) is 0 Å². The molecule has 0 spiro atoms. The Bertz CT molecular complexity index is 691. The zero-order valence-corrected chi connectivity index (χ0v) is 12.0. The van der Waals surface area contributed by atoms with Crippen molar-refractivity contribution in [2.45, 2.75) is 32.7 Å². The van der Waals surface area contributed by atoms with Crippen LogP contribution >= 0.6 is 0 Å². The Morgan fingerprint density at radius 2 is 2.00 bits per heavy atom. The molecule has 0 radical (unpaired) electrons. The maximum absolute atomic E-state index is 12.3. The summed E-state index contributed by atoms with van der Waals surface area (Å²) in [5.41, 5.74) is 0.101. The first-order chi connectivity index (χ1) is 9.54. The number of aromatic nitrogens is 2. The van der Waals surface area contributed by atoms with Crippen LogP contribution in [0, 0.1) is 0 Å². The van der Waals surface area contributed by atoms with Gasteiger partial charge in [0.05, 0.1) is 5.39 Å². The van der Waals surface area contributed by atoms with E-state index in [0.717, 1.165) is 12.8 Å². The Balaban J connectivity index is 2.47. The molecular weight excluding hydrogens is 254 g/mol. The first-order valence-corrected chi connectivity index (χ1v) is 6.81. The van der Waals surface area contributed by atoms with Gasteiger partial charge in [0.15, 0.2) is 5.69 Å². The molecule has 5 heteroatoms. The summed E-state index contributed by atoms with van der Waals surface area (Å²) in [6.07, 6.45) is 1.92. The zero-order chi connectivity index (χ0) is 14.7. The van der Waals surface area contributed by atoms with Crippen LogP contribution in [-0.4, -0.2) is 21.7 Å². The van der Waals surface area contributed by atoms with Gasteiger partial charge in [-0.3, -0.25) is 9.59 Å². The van der Waals surface area contributed by atoms with Crippen LogP contribution in [0.25, 0.3) is 10.8 Å². The minimum absolute atomic E-state index is 0.0882. The summed E-state index contributed by atoms with van der Waals surface area (Å²) < 4.78 is 1.21. The summed E-state index contributed by atoms with van der Waals surface area (Å²) >= 11 is 0. The van der Waals surface area contributed by atoms with E-state index in [-0.39, 0.29) is 17.5 Å². The molecular formula is C15H19N3O2. The molecule has 2 aromatic rings. The maximum Gasteiger partial charge on any atom is 0.274 e. The molecule has 1 atom stereocenters. The van der Waals surface area contributed by atoms with Crippen molar-refractivity contribution >= 4 is 16.7 Å². The van der Waals surface area contributed by atoms with E-state index in [1.165, 1.54) is 4.68 Å². The Kier molecular flexibility index (Phi) is 4.17. The van der Waals surface area contributed by atoms with Gasteiger partial charge in [-0.15, -0.1) is 0 Å². The molecule has 0 saturated heterocycles. The second-order valence-electron chi connectivity index (χ2n) is 4.99. The molecule has 1 aromatic carbocycles. The van der Waals surface area contributed by atoms with Crippen molar-refractivity contribution in [3.63, 3.8) is 0 Å². The highest BCUT2D eigenvalue weighted by Gasteiger charge is 2.16. The number of benzene rings is 1. The van der Waals surface area contributed by atoms with Crippen molar-refractivity contribution in [1.29, 1.82) is 0 Å². The molecule has 2 rings (SSSR count). The number of amides is 1.